The van der Waals surface area contributed by atoms with Crippen molar-refractivity contribution in [3.63, 3.8) is 0 Å². The number of benzene rings is 1. The fourth-order valence-corrected chi connectivity index (χ4v) is 2.97. The van der Waals surface area contributed by atoms with Crippen molar-refractivity contribution < 1.29 is 14.0 Å². The summed E-state index contributed by atoms with van der Waals surface area (Å²) in [6.07, 6.45) is 0.638. The second kappa shape index (κ2) is 6.86. The molecule has 1 aliphatic rings. The molecule has 0 radical (unpaired) electrons. The van der Waals surface area contributed by atoms with E-state index in [-0.39, 0.29) is 35.5 Å². The standard InChI is InChI=1S/C18H22FN5O2/c1-18(2,3)24-10-12(9-15(24)25)16(26)21-17-20-14(22-23-17)8-11-4-6-13(19)7-5-11/h4-7,12H,8-10H2,1-3H3,(H2,20,21,22,23,26)/t12-/m1/s1. The molecule has 1 aliphatic heterocycles. The van der Waals surface area contributed by atoms with Crippen LogP contribution in [0, 0.1) is 11.7 Å². The van der Waals surface area contributed by atoms with Gasteiger partial charge < -0.3 is 4.90 Å². The first-order valence-electron chi connectivity index (χ1n) is 8.49. The Hall–Kier alpha value is -2.77. The SMILES string of the molecule is CC(C)(C)N1C[C@H](C(=O)Nc2n[nH]c(Cc3ccc(F)cc3)n2)CC1=O. The number of rotatable bonds is 4. The third-order valence-electron chi connectivity index (χ3n) is 4.36. The minimum absolute atomic E-state index is 0.0235. The molecule has 138 valence electrons. The van der Waals surface area contributed by atoms with Crippen molar-refractivity contribution in [1.82, 2.24) is 20.1 Å². The third-order valence-corrected chi connectivity index (χ3v) is 4.36. The van der Waals surface area contributed by atoms with E-state index in [2.05, 4.69) is 20.5 Å². The third kappa shape index (κ3) is 4.07. The Morgan fingerprint density at radius 3 is 2.65 bits per heavy atom. The number of H-pyrrole nitrogens is 1. The molecule has 7 nitrogen and oxygen atoms in total. The molecular weight excluding hydrogens is 337 g/mol. The molecule has 2 heterocycles. The van der Waals surface area contributed by atoms with Gasteiger partial charge in [-0.15, -0.1) is 5.10 Å². The Morgan fingerprint density at radius 2 is 2.04 bits per heavy atom. The lowest BCUT2D eigenvalue weighted by molar-refractivity contribution is -0.131. The van der Waals surface area contributed by atoms with E-state index >= 15 is 0 Å². The Balaban J connectivity index is 1.60. The highest BCUT2D eigenvalue weighted by molar-refractivity contribution is 5.96. The summed E-state index contributed by atoms with van der Waals surface area (Å²) in [6, 6.07) is 6.10. The van der Waals surface area contributed by atoms with Crippen LogP contribution in [0.15, 0.2) is 24.3 Å². The average Bonchev–Trinajstić information content (AvgIpc) is 3.16. The molecule has 2 aromatic rings. The summed E-state index contributed by atoms with van der Waals surface area (Å²) in [5.74, 6) is -0.267. The Kier molecular flexibility index (Phi) is 4.76. The van der Waals surface area contributed by atoms with Crippen molar-refractivity contribution in [3.05, 3.63) is 41.5 Å². The van der Waals surface area contributed by atoms with Gasteiger partial charge in [-0.1, -0.05) is 12.1 Å². The fraction of sp³-hybridized carbons (Fsp3) is 0.444. The summed E-state index contributed by atoms with van der Waals surface area (Å²) in [7, 11) is 0. The van der Waals surface area contributed by atoms with E-state index in [0.717, 1.165) is 5.56 Å². The summed E-state index contributed by atoms with van der Waals surface area (Å²) >= 11 is 0. The number of halogens is 1. The number of carbonyl (C=O) groups is 2. The maximum atomic E-state index is 12.9. The van der Waals surface area contributed by atoms with E-state index in [9.17, 15) is 14.0 Å². The molecule has 0 aliphatic carbocycles. The molecule has 3 rings (SSSR count). The molecule has 2 amide bonds. The van der Waals surface area contributed by atoms with Crippen molar-refractivity contribution in [2.24, 2.45) is 5.92 Å². The van der Waals surface area contributed by atoms with Crippen LogP contribution in [0.2, 0.25) is 0 Å². The van der Waals surface area contributed by atoms with E-state index in [1.165, 1.54) is 12.1 Å². The lowest BCUT2D eigenvalue weighted by atomic mass is 10.1. The van der Waals surface area contributed by atoms with Crippen LogP contribution in [0.1, 0.15) is 38.6 Å². The molecule has 1 atom stereocenters. The predicted molar refractivity (Wildman–Crippen MR) is 93.8 cm³/mol. The molecule has 1 aromatic heterocycles. The van der Waals surface area contributed by atoms with Crippen LogP contribution in [0.4, 0.5) is 10.3 Å². The molecule has 26 heavy (non-hydrogen) atoms. The van der Waals surface area contributed by atoms with E-state index < -0.39 is 5.92 Å². The summed E-state index contributed by atoms with van der Waals surface area (Å²) in [5, 5.41) is 9.41. The summed E-state index contributed by atoms with van der Waals surface area (Å²) in [6.45, 7) is 6.23. The van der Waals surface area contributed by atoms with Gasteiger partial charge >= 0.3 is 0 Å². The molecule has 8 heteroatoms. The van der Waals surface area contributed by atoms with Crippen LogP contribution in [0.25, 0.3) is 0 Å². The Morgan fingerprint density at radius 1 is 1.35 bits per heavy atom. The van der Waals surface area contributed by atoms with Gasteiger partial charge in [-0.2, -0.15) is 4.98 Å². The lowest BCUT2D eigenvalue weighted by Crippen LogP contribution is -2.42. The first-order chi connectivity index (χ1) is 12.2. The molecule has 0 spiro atoms. The lowest BCUT2D eigenvalue weighted by Gasteiger charge is -2.31. The quantitative estimate of drug-likeness (QED) is 0.875. The molecule has 0 bridgehead atoms. The number of hydrogen-bond acceptors (Lipinski definition) is 4. The number of hydrogen-bond donors (Lipinski definition) is 2. The number of nitrogens with zero attached hydrogens (tertiary/aromatic N) is 3. The number of carbonyl (C=O) groups excluding carboxylic acids is 2. The molecule has 1 aromatic carbocycles. The van der Waals surface area contributed by atoms with Crippen LogP contribution < -0.4 is 5.32 Å². The maximum absolute atomic E-state index is 12.9. The van der Waals surface area contributed by atoms with Gasteiger partial charge in [0.1, 0.15) is 11.6 Å². The zero-order chi connectivity index (χ0) is 18.9. The fourth-order valence-electron chi connectivity index (χ4n) is 2.97. The van der Waals surface area contributed by atoms with Crippen molar-refractivity contribution in [3.8, 4) is 0 Å². The first-order valence-corrected chi connectivity index (χ1v) is 8.49. The van der Waals surface area contributed by atoms with Crippen LogP contribution >= 0.6 is 0 Å². The highest BCUT2D eigenvalue weighted by Crippen LogP contribution is 2.26. The molecule has 1 fully saturated rings. The minimum atomic E-state index is -0.416. The smallest absolute Gasteiger partial charge is 0.248 e. The number of likely N-dealkylation sites (tertiary alicyclic amines) is 1. The van der Waals surface area contributed by atoms with E-state index in [1.54, 1.807) is 17.0 Å². The predicted octanol–water partition coefficient (Wildman–Crippen LogP) is 2.12. The second-order valence-corrected chi connectivity index (χ2v) is 7.47. The van der Waals surface area contributed by atoms with Crippen LogP contribution in [-0.4, -0.2) is 44.0 Å². The van der Waals surface area contributed by atoms with Crippen molar-refractivity contribution in [2.75, 3.05) is 11.9 Å². The monoisotopic (exact) mass is 359 g/mol. The number of nitrogens with one attached hydrogen (secondary N) is 2. The molecule has 2 N–H and O–H groups in total. The zero-order valence-corrected chi connectivity index (χ0v) is 15.0. The average molecular weight is 359 g/mol. The highest BCUT2D eigenvalue weighted by atomic mass is 19.1. The molecule has 0 unspecified atom stereocenters. The van der Waals surface area contributed by atoms with Crippen molar-refractivity contribution in [1.29, 1.82) is 0 Å². The molecular formula is C18H22FN5O2. The van der Waals surface area contributed by atoms with Gasteiger partial charge in [0.15, 0.2) is 0 Å². The topological polar surface area (TPSA) is 91.0 Å². The maximum Gasteiger partial charge on any atom is 0.248 e. The van der Waals surface area contributed by atoms with Gasteiger partial charge in [-0.25, -0.2) is 4.39 Å². The number of amides is 2. The largest absolute Gasteiger partial charge is 0.337 e. The van der Waals surface area contributed by atoms with E-state index in [4.69, 9.17) is 0 Å². The summed E-state index contributed by atoms with van der Waals surface area (Å²) < 4.78 is 12.9. The highest BCUT2D eigenvalue weighted by Gasteiger charge is 2.39. The Bertz CT molecular complexity index is 810. The molecule has 1 saturated heterocycles. The Labute approximate surface area is 151 Å². The summed E-state index contributed by atoms with van der Waals surface area (Å²) in [5.41, 5.74) is 0.571. The number of anilines is 1. The molecule has 0 saturated carbocycles. The van der Waals surface area contributed by atoms with Crippen LogP contribution in [0.3, 0.4) is 0 Å². The zero-order valence-electron chi connectivity index (χ0n) is 15.0. The van der Waals surface area contributed by atoms with Gasteiger partial charge in [0, 0.05) is 24.9 Å². The van der Waals surface area contributed by atoms with Gasteiger partial charge in [0.05, 0.1) is 5.92 Å². The van der Waals surface area contributed by atoms with Gasteiger partial charge in [-0.05, 0) is 38.5 Å². The second-order valence-electron chi connectivity index (χ2n) is 7.47. The first kappa shape index (κ1) is 18.0. The van der Waals surface area contributed by atoms with Crippen LogP contribution in [-0.2, 0) is 16.0 Å². The number of aromatic nitrogens is 3. The summed E-state index contributed by atoms with van der Waals surface area (Å²) in [4.78, 5) is 30.5. The number of aromatic amines is 1. The minimum Gasteiger partial charge on any atom is -0.337 e. The van der Waals surface area contributed by atoms with E-state index in [0.29, 0.717) is 18.8 Å². The van der Waals surface area contributed by atoms with Gasteiger partial charge in [0.2, 0.25) is 17.8 Å². The van der Waals surface area contributed by atoms with E-state index in [1.807, 2.05) is 20.8 Å². The van der Waals surface area contributed by atoms with Crippen LogP contribution in [0.5, 0.6) is 0 Å². The van der Waals surface area contributed by atoms with Crippen molar-refractivity contribution >= 4 is 17.8 Å². The van der Waals surface area contributed by atoms with Crippen molar-refractivity contribution in [2.45, 2.75) is 39.2 Å². The normalized spacial score (nSPS) is 17.6. The van der Waals surface area contributed by atoms with Gasteiger partial charge in [-0.3, -0.25) is 20.0 Å². The van der Waals surface area contributed by atoms with Gasteiger partial charge in [0.25, 0.3) is 0 Å².